The van der Waals surface area contributed by atoms with Crippen LogP contribution in [0, 0.1) is 12.8 Å². The molecule has 90 valence electrons. The predicted molar refractivity (Wildman–Crippen MR) is 64.8 cm³/mol. The summed E-state index contributed by atoms with van der Waals surface area (Å²) in [5.41, 5.74) is 0.954. The average molecular weight is 245 g/mol. The van der Waals surface area contributed by atoms with Crippen molar-refractivity contribution in [2.24, 2.45) is 5.92 Å². The van der Waals surface area contributed by atoms with Gasteiger partial charge in [0.15, 0.2) is 0 Å². The number of carbonyl (C=O) groups is 1. The van der Waals surface area contributed by atoms with Crippen molar-refractivity contribution in [1.29, 1.82) is 0 Å². The lowest BCUT2D eigenvalue weighted by Gasteiger charge is -2.21. The molecule has 1 aromatic rings. The molecule has 0 aromatic carbocycles. The van der Waals surface area contributed by atoms with Crippen LogP contribution in [0.5, 0.6) is 0 Å². The normalized spacial score (nSPS) is 16.6. The second kappa shape index (κ2) is 5.86. The molecule has 1 saturated heterocycles. The zero-order valence-corrected chi connectivity index (χ0v) is 10.1. The van der Waals surface area contributed by atoms with Gasteiger partial charge in [0, 0.05) is 17.8 Å². The second-order valence-corrected chi connectivity index (χ2v) is 3.93. The molecule has 6 heteroatoms. The fraction of sp³-hybridized carbons (Fsp3) is 0.600. The number of amides is 1. The van der Waals surface area contributed by atoms with Gasteiger partial charge in [-0.15, -0.1) is 12.4 Å². The molecule has 1 aliphatic heterocycles. The highest BCUT2D eigenvalue weighted by Crippen LogP contribution is 2.13. The maximum Gasteiger partial charge on any atom is 0.229 e. The number of hydrogen-bond acceptors (Lipinski definition) is 3. The van der Waals surface area contributed by atoms with Crippen LogP contribution in [-0.2, 0) is 4.79 Å². The lowest BCUT2D eigenvalue weighted by atomic mass is 9.97. The number of anilines is 1. The van der Waals surface area contributed by atoms with E-state index in [1.54, 1.807) is 6.20 Å². The van der Waals surface area contributed by atoms with Crippen molar-refractivity contribution in [3.8, 4) is 0 Å². The van der Waals surface area contributed by atoms with E-state index in [4.69, 9.17) is 0 Å². The van der Waals surface area contributed by atoms with E-state index in [1.165, 1.54) is 0 Å². The highest BCUT2D eigenvalue weighted by atomic mass is 35.5. The first-order valence-corrected chi connectivity index (χ1v) is 5.29. The summed E-state index contributed by atoms with van der Waals surface area (Å²) in [5.74, 6) is 0.749. The van der Waals surface area contributed by atoms with E-state index < -0.39 is 0 Å². The molecule has 0 bridgehead atoms. The third kappa shape index (κ3) is 3.21. The molecule has 0 unspecified atom stereocenters. The minimum absolute atomic E-state index is 0. The summed E-state index contributed by atoms with van der Waals surface area (Å²) in [7, 11) is 0. The van der Waals surface area contributed by atoms with Gasteiger partial charge in [-0.25, -0.2) is 4.98 Å². The van der Waals surface area contributed by atoms with Gasteiger partial charge in [-0.1, -0.05) is 0 Å². The summed E-state index contributed by atoms with van der Waals surface area (Å²) in [5, 5.41) is 6.03. The molecule has 1 aromatic heterocycles. The van der Waals surface area contributed by atoms with Crippen molar-refractivity contribution in [3.63, 3.8) is 0 Å². The summed E-state index contributed by atoms with van der Waals surface area (Å²) in [6.45, 7) is 3.76. The smallest absolute Gasteiger partial charge is 0.229 e. The van der Waals surface area contributed by atoms with Crippen molar-refractivity contribution in [2.45, 2.75) is 19.8 Å². The van der Waals surface area contributed by atoms with E-state index >= 15 is 0 Å². The second-order valence-electron chi connectivity index (χ2n) is 3.93. The number of nitrogens with one attached hydrogen (secondary N) is 3. The highest BCUT2D eigenvalue weighted by Gasteiger charge is 2.21. The molecule has 3 N–H and O–H groups in total. The molecule has 0 spiro atoms. The third-order valence-corrected chi connectivity index (χ3v) is 2.65. The largest absolute Gasteiger partial charge is 0.328 e. The first-order chi connectivity index (χ1) is 7.25. The number of halogens is 1. The van der Waals surface area contributed by atoms with Gasteiger partial charge in [0.2, 0.25) is 11.9 Å². The number of rotatable bonds is 2. The molecule has 0 aliphatic carbocycles. The van der Waals surface area contributed by atoms with Gasteiger partial charge < -0.3 is 10.3 Å². The van der Waals surface area contributed by atoms with Gasteiger partial charge in [0.25, 0.3) is 0 Å². The number of imidazole rings is 1. The maximum absolute atomic E-state index is 11.8. The number of aromatic nitrogens is 2. The van der Waals surface area contributed by atoms with Gasteiger partial charge in [-0.05, 0) is 32.9 Å². The molecule has 1 aliphatic rings. The molecule has 0 radical (unpaired) electrons. The number of aromatic amines is 1. The molecule has 16 heavy (non-hydrogen) atoms. The molecular formula is C10H17ClN4O. The van der Waals surface area contributed by atoms with Crippen LogP contribution in [0.3, 0.4) is 0 Å². The van der Waals surface area contributed by atoms with Gasteiger partial charge in [0.1, 0.15) is 0 Å². The van der Waals surface area contributed by atoms with E-state index in [0.717, 1.165) is 31.6 Å². The fourth-order valence-electron chi connectivity index (χ4n) is 1.78. The summed E-state index contributed by atoms with van der Waals surface area (Å²) in [4.78, 5) is 18.8. The Kier molecular flexibility index (Phi) is 4.76. The van der Waals surface area contributed by atoms with Crippen LogP contribution < -0.4 is 10.6 Å². The van der Waals surface area contributed by atoms with Crippen molar-refractivity contribution in [2.75, 3.05) is 18.4 Å². The summed E-state index contributed by atoms with van der Waals surface area (Å²) in [6.07, 6.45) is 3.52. The van der Waals surface area contributed by atoms with Crippen LogP contribution in [0.25, 0.3) is 0 Å². The molecule has 1 amide bonds. The molecule has 2 heterocycles. The molecule has 0 saturated carbocycles. The minimum Gasteiger partial charge on any atom is -0.328 e. The molecule has 2 rings (SSSR count). The number of H-pyrrole nitrogens is 1. The van der Waals surface area contributed by atoms with Crippen LogP contribution in [0.2, 0.25) is 0 Å². The SMILES string of the molecule is Cc1cnc(NC(=O)C2CCNCC2)[nH]1.Cl. The van der Waals surface area contributed by atoms with E-state index in [-0.39, 0.29) is 24.2 Å². The average Bonchev–Trinajstić information content (AvgIpc) is 2.65. The molecule has 5 nitrogen and oxygen atoms in total. The lowest BCUT2D eigenvalue weighted by molar-refractivity contribution is -0.120. The van der Waals surface area contributed by atoms with Gasteiger partial charge in [-0.2, -0.15) is 0 Å². The summed E-state index contributed by atoms with van der Waals surface area (Å²) >= 11 is 0. The van der Waals surface area contributed by atoms with E-state index in [0.29, 0.717) is 5.95 Å². The monoisotopic (exact) mass is 244 g/mol. The van der Waals surface area contributed by atoms with E-state index in [2.05, 4.69) is 20.6 Å². The van der Waals surface area contributed by atoms with Crippen LogP contribution in [0.4, 0.5) is 5.95 Å². The lowest BCUT2D eigenvalue weighted by Crippen LogP contribution is -2.34. The highest BCUT2D eigenvalue weighted by molar-refractivity contribution is 5.91. The van der Waals surface area contributed by atoms with Crippen LogP contribution in [0.15, 0.2) is 6.20 Å². The third-order valence-electron chi connectivity index (χ3n) is 2.65. The van der Waals surface area contributed by atoms with Crippen LogP contribution in [0.1, 0.15) is 18.5 Å². The number of hydrogen-bond donors (Lipinski definition) is 3. The Morgan fingerprint density at radius 1 is 1.50 bits per heavy atom. The molecular weight excluding hydrogens is 228 g/mol. The zero-order chi connectivity index (χ0) is 10.7. The standard InChI is InChI=1S/C10H16N4O.ClH/c1-7-6-12-10(13-7)14-9(15)8-2-4-11-5-3-8;/h6,8,11H,2-5H2,1H3,(H2,12,13,14,15);1H. The van der Waals surface area contributed by atoms with E-state index in [1.807, 2.05) is 6.92 Å². The minimum atomic E-state index is 0. The zero-order valence-electron chi connectivity index (χ0n) is 9.25. The Hall–Kier alpha value is -1.07. The van der Waals surface area contributed by atoms with Crippen LogP contribution in [-0.4, -0.2) is 29.0 Å². The topological polar surface area (TPSA) is 69.8 Å². The number of nitrogens with zero attached hydrogens (tertiary/aromatic N) is 1. The van der Waals surface area contributed by atoms with E-state index in [9.17, 15) is 4.79 Å². The summed E-state index contributed by atoms with van der Waals surface area (Å²) < 4.78 is 0. The molecule has 1 fully saturated rings. The maximum atomic E-state index is 11.8. The van der Waals surface area contributed by atoms with Crippen LogP contribution >= 0.6 is 12.4 Å². The Morgan fingerprint density at radius 2 is 2.19 bits per heavy atom. The van der Waals surface area contributed by atoms with Crippen molar-refractivity contribution in [3.05, 3.63) is 11.9 Å². The first-order valence-electron chi connectivity index (χ1n) is 5.29. The Morgan fingerprint density at radius 3 is 2.75 bits per heavy atom. The molecule has 0 atom stereocenters. The van der Waals surface area contributed by atoms with Crippen molar-refractivity contribution >= 4 is 24.3 Å². The van der Waals surface area contributed by atoms with Gasteiger partial charge in [-0.3, -0.25) is 10.1 Å². The van der Waals surface area contributed by atoms with Crippen molar-refractivity contribution in [1.82, 2.24) is 15.3 Å². The first kappa shape index (κ1) is 13.0. The number of carbonyl (C=O) groups excluding carboxylic acids is 1. The summed E-state index contributed by atoms with van der Waals surface area (Å²) in [6, 6.07) is 0. The number of aryl methyl sites for hydroxylation is 1. The fourth-order valence-corrected chi connectivity index (χ4v) is 1.78. The Labute approximate surface area is 101 Å². The number of piperidine rings is 1. The van der Waals surface area contributed by atoms with Gasteiger partial charge >= 0.3 is 0 Å². The Balaban J connectivity index is 0.00000128. The quantitative estimate of drug-likeness (QED) is 0.729. The van der Waals surface area contributed by atoms with Gasteiger partial charge in [0.05, 0.1) is 0 Å². The Bertz CT molecular complexity index is 346. The predicted octanol–water partition coefficient (Wildman–Crippen LogP) is 1.08. The van der Waals surface area contributed by atoms with Crippen molar-refractivity contribution < 1.29 is 4.79 Å².